The predicted octanol–water partition coefficient (Wildman–Crippen LogP) is 3.23. The second-order valence-electron chi connectivity index (χ2n) is 6.95. The lowest BCUT2D eigenvalue weighted by Gasteiger charge is -2.43. The number of carbonyl (C=O) groups excluding carboxylic acids is 1. The van der Waals surface area contributed by atoms with E-state index < -0.39 is 5.97 Å². The number of hydrogen-bond donors (Lipinski definition) is 1. The Morgan fingerprint density at radius 1 is 1.04 bits per heavy atom. The minimum absolute atomic E-state index is 0.0780. The first-order valence-corrected chi connectivity index (χ1v) is 9.21. The molecule has 1 saturated heterocycles. The topological polar surface area (TPSA) is 64.8 Å². The van der Waals surface area contributed by atoms with Crippen molar-refractivity contribution >= 4 is 5.97 Å². The molecule has 0 unspecified atom stereocenters. The minimum atomic E-state index is -0.464. The molecule has 2 N–H and O–H groups in total. The first kappa shape index (κ1) is 19.0. The first-order valence-electron chi connectivity index (χ1n) is 9.21. The van der Waals surface area contributed by atoms with E-state index in [0.717, 1.165) is 0 Å². The molecule has 5 nitrogen and oxygen atoms in total. The van der Waals surface area contributed by atoms with Gasteiger partial charge in [0.05, 0.1) is 18.2 Å². The van der Waals surface area contributed by atoms with E-state index in [1.54, 1.807) is 0 Å². The van der Waals surface area contributed by atoms with E-state index in [-0.39, 0.29) is 24.1 Å². The number of nitrogens with two attached hydrogens (primary N) is 1. The van der Waals surface area contributed by atoms with E-state index >= 15 is 0 Å². The number of esters is 1. The second-order valence-corrected chi connectivity index (χ2v) is 6.95. The van der Waals surface area contributed by atoms with Crippen LogP contribution in [0.2, 0.25) is 0 Å². The SMILES string of the molecule is CC(C)OC(N)=CC(=O)OC1CN(C(c2ccccc2)c2ccccc2)C1. The summed E-state index contributed by atoms with van der Waals surface area (Å²) >= 11 is 0. The summed E-state index contributed by atoms with van der Waals surface area (Å²) in [5.74, 6) is -0.383. The number of likely N-dealkylation sites (tertiary alicyclic amines) is 1. The van der Waals surface area contributed by atoms with E-state index in [0.29, 0.717) is 13.1 Å². The summed E-state index contributed by atoms with van der Waals surface area (Å²) in [5, 5.41) is 0. The van der Waals surface area contributed by atoms with Gasteiger partial charge in [-0.25, -0.2) is 4.79 Å². The maximum atomic E-state index is 12.0. The van der Waals surface area contributed by atoms with E-state index in [1.807, 2.05) is 50.2 Å². The highest BCUT2D eigenvalue weighted by molar-refractivity contribution is 5.82. The Kier molecular flexibility index (Phi) is 6.14. The summed E-state index contributed by atoms with van der Waals surface area (Å²) in [6.07, 6.45) is 0.982. The highest BCUT2D eigenvalue weighted by Gasteiger charge is 2.36. The van der Waals surface area contributed by atoms with Gasteiger partial charge in [-0.3, -0.25) is 4.90 Å². The standard InChI is InChI=1S/C22H26N2O3/c1-16(2)26-20(23)13-21(25)27-19-14-24(15-19)22(17-9-5-3-6-10-17)18-11-7-4-8-12-18/h3-13,16,19,22H,14-15,23H2,1-2H3. The summed E-state index contributed by atoms with van der Waals surface area (Å²) in [4.78, 5) is 14.3. The maximum absolute atomic E-state index is 12.0. The molecule has 5 heteroatoms. The van der Waals surface area contributed by atoms with Crippen LogP contribution in [-0.4, -0.2) is 36.2 Å². The van der Waals surface area contributed by atoms with Gasteiger partial charge in [0.2, 0.25) is 0 Å². The van der Waals surface area contributed by atoms with Crippen LogP contribution in [0.4, 0.5) is 0 Å². The van der Waals surface area contributed by atoms with Gasteiger partial charge in [0, 0.05) is 13.1 Å². The number of benzene rings is 2. The zero-order valence-electron chi connectivity index (χ0n) is 15.7. The first-order chi connectivity index (χ1) is 13.0. The molecule has 3 rings (SSSR count). The van der Waals surface area contributed by atoms with E-state index in [1.165, 1.54) is 17.2 Å². The zero-order valence-corrected chi connectivity index (χ0v) is 15.7. The average Bonchev–Trinajstić information content (AvgIpc) is 2.61. The lowest BCUT2D eigenvalue weighted by molar-refractivity contribution is -0.152. The van der Waals surface area contributed by atoms with Gasteiger partial charge in [-0.15, -0.1) is 0 Å². The van der Waals surface area contributed by atoms with Gasteiger partial charge >= 0.3 is 5.97 Å². The van der Waals surface area contributed by atoms with Crippen LogP contribution in [0.25, 0.3) is 0 Å². The Morgan fingerprint density at radius 2 is 1.56 bits per heavy atom. The van der Waals surface area contributed by atoms with Crippen molar-refractivity contribution in [1.82, 2.24) is 4.90 Å². The molecular weight excluding hydrogens is 340 g/mol. The third-order valence-corrected chi connectivity index (χ3v) is 4.39. The fraction of sp³-hybridized carbons (Fsp3) is 0.318. The fourth-order valence-electron chi connectivity index (χ4n) is 3.26. The lowest BCUT2D eigenvalue weighted by atomic mass is 9.94. The summed E-state index contributed by atoms with van der Waals surface area (Å²) in [5.41, 5.74) is 8.12. The van der Waals surface area contributed by atoms with Crippen LogP contribution in [-0.2, 0) is 14.3 Å². The van der Waals surface area contributed by atoms with Crippen molar-refractivity contribution in [2.75, 3.05) is 13.1 Å². The summed E-state index contributed by atoms with van der Waals surface area (Å²) < 4.78 is 10.7. The monoisotopic (exact) mass is 366 g/mol. The van der Waals surface area contributed by atoms with Crippen LogP contribution in [0.5, 0.6) is 0 Å². The Balaban J connectivity index is 1.63. The molecule has 0 bridgehead atoms. The van der Waals surface area contributed by atoms with Crippen LogP contribution >= 0.6 is 0 Å². The van der Waals surface area contributed by atoms with E-state index in [4.69, 9.17) is 15.2 Å². The van der Waals surface area contributed by atoms with Crippen molar-refractivity contribution in [2.45, 2.75) is 32.1 Å². The predicted molar refractivity (Wildman–Crippen MR) is 105 cm³/mol. The van der Waals surface area contributed by atoms with Crippen molar-refractivity contribution in [3.8, 4) is 0 Å². The fourth-order valence-corrected chi connectivity index (χ4v) is 3.26. The van der Waals surface area contributed by atoms with E-state index in [9.17, 15) is 4.79 Å². The van der Waals surface area contributed by atoms with Crippen LogP contribution < -0.4 is 5.73 Å². The van der Waals surface area contributed by atoms with Crippen molar-refractivity contribution in [3.63, 3.8) is 0 Å². The molecule has 0 spiro atoms. The average molecular weight is 366 g/mol. The van der Waals surface area contributed by atoms with Gasteiger partial charge in [-0.05, 0) is 25.0 Å². The molecule has 142 valence electrons. The van der Waals surface area contributed by atoms with Gasteiger partial charge in [0.15, 0.2) is 5.88 Å². The highest BCUT2D eigenvalue weighted by Crippen LogP contribution is 2.32. The van der Waals surface area contributed by atoms with Gasteiger partial charge in [0.25, 0.3) is 0 Å². The Labute approximate surface area is 160 Å². The summed E-state index contributed by atoms with van der Waals surface area (Å²) in [6, 6.07) is 20.9. The molecular formula is C22H26N2O3. The third-order valence-electron chi connectivity index (χ3n) is 4.39. The summed E-state index contributed by atoms with van der Waals surface area (Å²) in [7, 11) is 0. The zero-order chi connectivity index (χ0) is 19.2. The van der Waals surface area contributed by atoms with E-state index in [2.05, 4.69) is 29.2 Å². The number of carbonyl (C=O) groups is 1. The quantitative estimate of drug-likeness (QED) is 0.463. The van der Waals surface area contributed by atoms with Crippen molar-refractivity contribution in [3.05, 3.63) is 83.7 Å². The molecule has 0 aromatic heterocycles. The molecule has 0 radical (unpaired) electrons. The molecule has 1 fully saturated rings. The number of ether oxygens (including phenoxy) is 2. The van der Waals surface area contributed by atoms with Crippen LogP contribution in [0.15, 0.2) is 72.6 Å². The van der Waals surface area contributed by atoms with Gasteiger partial charge in [0.1, 0.15) is 6.10 Å². The Morgan fingerprint density at radius 3 is 2.04 bits per heavy atom. The van der Waals surface area contributed by atoms with Crippen LogP contribution in [0.3, 0.4) is 0 Å². The largest absolute Gasteiger partial charge is 0.476 e. The van der Waals surface area contributed by atoms with Crippen molar-refractivity contribution in [2.24, 2.45) is 5.73 Å². The number of nitrogens with zero attached hydrogens (tertiary/aromatic N) is 1. The lowest BCUT2D eigenvalue weighted by Crippen LogP contribution is -2.54. The molecule has 0 saturated carbocycles. The maximum Gasteiger partial charge on any atom is 0.336 e. The minimum Gasteiger partial charge on any atom is -0.476 e. The molecule has 1 aliphatic heterocycles. The molecule has 0 amide bonds. The second kappa shape index (κ2) is 8.73. The van der Waals surface area contributed by atoms with Crippen molar-refractivity contribution < 1.29 is 14.3 Å². The number of hydrogen-bond acceptors (Lipinski definition) is 5. The molecule has 27 heavy (non-hydrogen) atoms. The smallest absolute Gasteiger partial charge is 0.336 e. The van der Waals surface area contributed by atoms with Gasteiger partial charge < -0.3 is 15.2 Å². The third kappa shape index (κ3) is 5.11. The van der Waals surface area contributed by atoms with Gasteiger partial charge in [-0.2, -0.15) is 0 Å². The molecule has 1 heterocycles. The number of rotatable bonds is 7. The Hall–Kier alpha value is -2.79. The Bertz CT molecular complexity index is 729. The van der Waals surface area contributed by atoms with Crippen LogP contribution in [0, 0.1) is 0 Å². The highest BCUT2D eigenvalue weighted by atomic mass is 16.5. The molecule has 1 aliphatic rings. The molecule has 2 aromatic carbocycles. The van der Waals surface area contributed by atoms with Gasteiger partial charge in [-0.1, -0.05) is 60.7 Å². The molecule has 2 aromatic rings. The summed E-state index contributed by atoms with van der Waals surface area (Å²) in [6.45, 7) is 5.06. The molecule has 0 aliphatic carbocycles. The normalized spacial score (nSPS) is 15.6. The molecule has 0 atom stereocenters. The van der Waals surface area contributed by atoms with Crippen LogP contribution in [0.1, 0.15) is 31.0 Å². The van der Waals surface area contributed by atoms with Crippen molar-refractivity contribution in [1.29, 1.82) is 0 Å².